The first kappa shape index (κ1) is 18.2. The van der Waals surface area contributed by atoms with Crippen LogP contribution in [0.4, 0.5) is 9.80 Å². The van der Waals surface area contributed by atoms with Crippen molar-refractivity contribution in [2.75, 3.05) is 18.2 Å². The van der Waals surface area contributed by atoms with Crippen LogP contribution in [0.5, 0.6) is 0 Å². The SMILES string of the molecule is CCc1nsc(N2CN(C(C)(C)C)CN(C(C)(C)C)C2=O)c1C. The Labute approximate surface area is 144 Å². The lowest BCUT2D eigenvalue weighted by molar-refractivity contribution is 0.0167. The van der Waals surface area contributed by atoms with Crippen molar-refractivity contribution in [2.24, 2.45) is 0 Å². The molecule has 0 radical (unpaired) electrons. The highest BCUT2D eigenvalue weighted by atomic mass is 32.1. The van der Waals surface area contributed by atoms with Gasteiger partial charge in [-0.3, -0.25) is 9.80 Å². The van der Waals surface area contributed by atoms with Gasteiger partial charge >= 0.3 is 6.03 Å². The van der Waals surface area contributed by atoms with Crippen molar-refractivity contribution in [1.82, 2.24) is 14.2 Å². The van der Waals surface area contributed by atoms with Crippen LogP contribution in [0.3, 0.4) is 0 Å². The van der Waals surface area contributed by atoms with E-state index in [0.717, 1.165) is 22.7 Å². The van der Waals surface area contributed by atoms with Crippen LogP contribution >= 0.6 is 11.5 Å². The maximum Gasteiger partial charge on any atom is 0.327 e. The van der Waals surface area contributed by atoms with E-state index in [0.29, 0.717) is 13.3 Å². The molecule has 0 bridgehead atoms. The average molecular weight is 339 g/mol. The molecule has 130 valence electrons. The number of anilines is 1. The van der Waals surface area contributed by atoms with Gasteiger partial charge in [-0.05, 0) is 66.4 Å². The van der Waals surface area contributed by atoms with Gasteiger partial charge in [0, 0.05) is 16.6 Å². The highest BCUT2D eigenvalue weighted by Gasteiger charge is 2.41. The molecule has 1 aromatic heterocycles. The van der Waals surface area contributed by atoms with Gasteiger partial charge in [-0.2, -0.15) is 4.37 Å². The van der Waals surface area contributed by atoms with E-state index in [-0.39, 0.29) is 17.1 Å². The fourth-order valence-corrected chi connectivity index (χ4v) is 3.62. The third-order valence-electron chi connectivity index (χ3n) is 4.42. The predicted octanol–water partition coefficient (Wildman–Crippen LogP) is 4.07. The Morgan fingerprint density at radius 2 is 1.70 bits per heavy atom. The van der Waals surface area contributed by atoms with Crippen LogP contribution in [0.2, 0.25) is 0 Å². The quantitative estimate of drug-likeness (QED) is 0.816. The molecular weight excluding hydrogens is 308 g/mol. The number of aromatic nitrogens is 1. The first-order valence-electron chi connectivity index (χ1n) is 8.26. The Morgan fingerprint density at radius 3 is 2.13 bits per heavy atom. The van der Waals surface area contributed by atoms with Gasteiger partial charge in [0.25, 0.3) is 0 Å². The third kappa shape index (κ3) is 3.53. The Morgan fingerprint density at radius 1 is 1.09 bits per heavy atom. The maximum absolute atomic E-state index is 13.1. The van der Waals surface area contributed by atoms with Crippen molar-refractivity contribution in [3.63, 3.8) is 0 Å². The number of aryl methyl sites for hydroxylation is 1. The zero-order valence-electron chi connectivity index (χ0n) is 15.7. The summed E-state index contributed by atoms with van der Waals surface area (Å²) in [7, 11) is 0. The third-order valence-corrected chi connectivity index (χ3v) is 5.43. The fraction of sp³-hybridized carbons (Fsp3) is 0.765. The minimum Gasteiger partial charge on any atom is -0.306 e. The first-order chi connectivity index (χ1) is 10.5. The second-order valence-corrected chi connectivity index (χ2v) is 8.97. The van der Waals surface area contributed by atoms with Gasteiger partial charge < -0.3 is 4.90 Å². The van der Waals surface area contributed by atoms with E-state index >= 15 is 0 Å². The molecular formula is C17H30N4OS. The summed E-state index contributed by atoms with van der Waals surface area (Å²) in [6, 6.07) is 0.0763. The molecule has 1 saturated heterocycles. The van der Waals surface area contributed by atoms with Gasteiger partial charge in [0.15, 0.2) is 0 Å². The molecule has 0 atom stereocenters. The van der Waals surface area contributed by atoms with Crippen LogP contribution in [0.25, 0.3) is 0 Å². The van der Waals surface area contributed by atoms with Crippen LogP contribution in [0.15, 0.2) is 0 Å². The lowest BCUT2D eigenvalue weighted by atomic mass is 10.0. The molecule has 0 aliphatic carbocycles. The van der Waals surface area contributed by atoms with Crippen LogP contribution in [-0.2, 0) is 6.42 Å². The molecule has 1 aromatic rings. The van der Waals surface area contributed by atoms with Crippen LogP contribution in [-0.4, -0.2) is 44.6 Å². The minimum atomic E-state index is -0.217. The fourth-order valence-electron chi connectivity index (χ4n) is 2.67. The Hall–Kier alpha value is -1.14. The highest BCUT2D eigenvalue weighted by Crippen LogP contribution is 2.34. The molecule has 0 spiro atoms. The first-order valence-corrected chi connectivity index (χ1v) is 9.03. The molecule has 1 aliphatic rings. The van der Waals surface area contributed by atoms with Crippen molar-refractivity contribution in [3.05, 3.63) is 11.3 Å². The zero-order chi connectivity index (χ0) is 17.6. The van der Waals surface area contributed by atoms with Crippen LogP contribution in [0, 0.1) is 6.92 Å². The number of rotatable bonds is 2. The normalized spacial score (nSPS) is 18.0. The van der Waals surface area contributed by atoms with E-state index in [2.05, 4.69) is 64.7 Å². The smallest absolute Gasteiger partial charge is 0.306 e. The van der Waals surface area contributed by atoms with Crippen molar-refractivity contribution in [1.29, 1.82) is 0 Å². The summed E-state index contributed by atoms with van der Waals surface area (Å²) in [6.45, 7) is 18.3. The van der Waals surface area contributed by atoms with E-state index in [1.54, 1.807) is 0 Å². The molecule has 5 nitrogen and oxygen atoms in total. The van der Waals surface area contributed by atoms with Gasteiger partial charge in [0.2, 0.25) is 0 Å². The molecule has 0 aromatic carbocycles. The number of amides is 2. The molecule has 1 aliphatic heterocycles. The van der Waals surface area contributed by atoms with Crippen molar-refractivity contribution in [3.8, 4) is 0 Å². The molecule has 23 heavy (non-hydrogen) atoms. The monoisotopic (exact) mass is 338 g/mol. The molecule has 2 rings (SSSR count). The predicted molar refractivity (Wildman–Crippen MR) is 97.0 cm³/mol. The number of hydrogen-bond acceptors (Lipinski definition) is 4. The van der Waals surface area contributed by atoms with Gasteiger partial charge in [-0.25, -0.2) is 4.79 Å². The summed E-state index contributed by atoms with van der Waals surface area (Å²) in [6.07, 6.45) is 0.899. The lowest BCUT2D eigenvalue weighted by Gasteiger charge is -2.51. The second kappa shape index (κ2) is 6.06. The summed E-state index contributed by atoms with van der Waals surface area (Å²) >= 11 is 1.44. The maximum atomic E-state index is 13.1. The van der Waals surface area contributed by atoms with E-state index < -0.39 is 0 Å². The van der Waals surface area contributed by atoms with E-state index in [4.69, 9.17) is 0 Å². The summed E-state index contributed by atoms with van der Waals surface area (Å²) in [5.74, 6) is 0. The van der Waals surface area contributed by atoms with Gasteiger partial charge in [0.1, 0.15) is 5.00 Å². The summed E-state index contributed by atoms with van der Waals surface area (Å²) in [5, 5.41) is 0.982. The highest BCUT2D eigenvalue weighted by molar-refractivity contribution is 7.10. The number of nitrogens with zero attached hydrogens (tertiary/aromatic N) is 4. The van der Waals surface area contributed by atoms with Crippen molar-refractivity contribution >= 4 is 22.6 Å². The molecule has 0 saturated carbocycles. The van der Waals surface area contributed by atoms with Gasteiger partial charge in [-0.1, -0.05) is 6.92 Å². The minimum absolute atomic E-state index is 0.00533. The standard InChI is InChI=1S/C17H30N4OS/c1-9-13-12(2)14(23-18-13)20-10-19(16(3,4)5)11-21(15(20)22)17(6,7)8/h9-11H2,1-8H3. The molecule has 2 amide bonds. The number of urea groups is 1. The summed E-state index contributed by atoms with van der Waals surface area (Å²) in [5.41, 5.74) is 2.00. The zero-order valence-corrected chi connectivity index (χ0v) is 16.5. The molecule has 2 heterocycles. The van der Waals surface area contributed by atoms with Crippen LogP contribution < -0.4 is 4.90 Å². The lowest BCUT2D eigenvalue weighted by Crippen LogP contribution is -2.66. The summed E-state index contributed by atoms with van der Waals surface area (Å²) < 4.78 is 4.53. The molecule has 1 fully saturated rings. The van der Waals surface area contributed by atoms with E-state index in [1.807, 2.05) is 9.80 Å². The second-order valence-electron chi connectivity index (χ2n) is 8.22. The average Bonchev–Trinajstić information content (AvgIpc) is 2.77. The molecule has 0 unspecified atom stereocenters. The van der Waals surface area contributed by atoms with Crippen molar-refractivity contribution < 1.29 is 4.79 Å². The van der Waals surface area contributed by atoms with Crippen LogP contribution in [0.1, 0.15) is 59.7 Å². The Bertz CT molecular complexity index is 582. The van der Waals surface area contributed by atoms with E-state index in [9.17, 15) is 4.79 Å². The Balaban J connectivity index is 2.43. The number of carbonyl (C=O) groups is 1. The largest absolute Gasteiger partial charge is 0.327 e. The topological polar surface area (TPSA) is 39.7 Å². The van der Waals surface area contributed by atoms with Crippen molar-refractivity contribution in [2.45, 2.75) is 72.9 Å². The number of carbonyl (C=O) groups excluding carboxylic acids is 1. The van der Waals surface area contributed by atoms with E-state index in [1.165, 1.54) is 11.5 Å². The molecule has 6 heteroatoms. The Kier molecular flexibility index (Phi) is 4.79. The molecule has 0 N–H and O–H groups in total. The number of hydrogen-bond donors (Lipinski definition) is 0. The summed E-state index contributed by atoms with van der Waals surface area (Å²) in [4.78, 5) is 19.3. The van der Waals surface area contributed by atoms with Gasteiger partial charge in [-0.15, -0.1) is 0 Å². The van der Waals surface area contributed by atoms with Gasteiger partial charge in [0.05, 0.1) is 19.0 Å².